The lowest BCUT2D eigenvalue weighted by Crippen LogP contribution is -2.12. The van der Waals surface area contributed by atoms with Gasteiger partial charge in [0.2, 0.25) is 0 Å². The Bertz CT molecular complexity index is 595. The van der Waals surface area contributed by atoms with Crippen LogP contribution in [0.15, 0.2) is 36.7 Å². The highest BCUT2D eigenvalue weighted by atomic mass is 16.5. The van der Waals surface area contributed by atoms with Crippen molar-refractivity contribution in [2.75, 3.05) is 6.54 Å². The van der Waals surface area contributed by atoms with Crippen LogP contribution < -0.4 is 10.1 Å². The van der Waals surface area contributed by atoms with Crippen LogP contribution in [0.3, 0.4) is 0 Å². The lowest BCUT2D eigenvalue weighted by atomic mass is 10.1. The molecule has 0 bridgehead atoms. The normalized spacial score (nSPS) is 13.2. The molecule has 0 fully saturated rings. The van der Waals surface area contributed by atoms with Crippen LogP contribution in [-0.2, 0) is 19.4 Å². The molecule has 1 aromatic heterocycles. The highest BCUT2D eigenvalue weighted by molar-refractivity contribution is 5.41. The molecule has 20 heavy (non-hydrogen) atoms. The van der Waals surface area contributed by atoms with Crippen molar-refractivity contribution in [1.82, 2.24) is 10.3 Å². The van der Waals surface area contributed by atoms with Gasteiger partial charge in [-0.05, 0) is 55.1 Å². The highest BCUT2D eigenvalue weighted by Gasteiger charge is 2.12. The van der Waals surface area contributed by atoms with Crippen LogP contribution in [0.25, 0.3) is 0 Å². The van der Waals surface area contributed by atoms with E-state index in [4.69, 9.17) is 4.74 Å². The number of rotatable bonds is 5. The Labute approximate surface area is 120 Å². The number of hydrogen-bond acceptors (Lipinski definition) is 3. The molecule has 0 radical (unpaired) electrons. The van der Waals surface area contributed by atoms with Crippen LogP contribution in [0.1, 0.15) is 30.0 Å². The number of benzene rings is 1. The molecule has 0 unspecified atom stereocenters. The largest absolute Gasteiger partial charge is 0.455 e. The number of ether oxygens (including phenoxy) is 1. The highest BCUT2D eigenvalue weighted by Crippen LogP contribution is 2.30. The van der Waals surface area contributed by atoms with Gasteiger partial charge in [0.25, 0.3) is 0 Å². The molecule has 0 saturated carbocycles. The fraction of sp³-hybridized carbons (Fsp3) is 0.353. The van der Waals surface area contributed by atoms with E-state index in [1.807, 2.05) is 12.3 Å². The quantitative estimate of drug-likeness (QED) is 0.901. The maximum atomic E-state index is 6.03. The van der Waals surface area contributed by atoms with Crippen molar-refractivity contribution in [3.63, 3.8) is 0 Å². The molecule has 3 rings (SSSR count). The van der Waals surface area contributed by atoms with Gasteiger partial charge in [0.05, 0.1) is 6.20 Å². The molecule has 3 heteroatoms. The Kier molecular flexibility index (Phi) is 3.97. The van der Waals surface area contributed by atoms with E-state index in [0.29, 0.717) is 0 Å². The van der Waals surface area contributed by atoms with Crippen LogP contribution in [0.2, 0.25) is 0 Å². The molecular weight excluding hydrogens is 248 g/mol. The summed E-state index contributed by atoms with van der Waals surface area (Å²) >= 11 is 0. The third-order valence-corrected chi connectivity index (χ3v) is 3.73. The molecule has 3 nitrogen and oxygen atoms in total. The first-order chi connectivity index (χ1) is 9.86. The zero-order valence-corrected chi connectivity index (χ0v) is 11.9. The molecule has 0 saturated heterocycles. The average molecular weight is 268 g/mol. The predicted octanol–water partition coefficient (Wildman–Crippen LogP) is 3.47. The maximum absolute atomic E-state index is 6.03. The number of fused-ring (bicyclic) bond motifs is 1. The third kappa shape index (κ3) is 2.83. The fourth-order valence-electron chi connectivity index (χ4n) is 2.65. The third-order valence-electron chi connectivity index (χ3n) is 3.73. The predicted molar refractivity (Wildman–Crippen MR) is 80.2 cm³/mol. The molecule has 1 heterocycles. The number of aryl methyl sites for hydroxylation is 2. The summed E-state index contributed by atoms with van der Waals surface area (Å²) in [6, 6.07) is 8.43. The van der Waals surface area contributed by atoms with Crippen molar-refractivity contribution in [2.24, 2.45) is 0 Å². The second-order valence-electron chi connectivity index (χ2n) is 5.15. The Morgan fingerprint density at radius 2 is 2.10 bits per heavy atom. The van der Waals surface area contributed by atoms with Gasteiger partial charge in [-0.3, -0.25) is 4.98 Å². The fourth-order valence-corrected chi connectivity index (χ4v) is 2.65. The standard InChI is InChI=1S/C17H20N2O/c1-2-18-11-15-8-9-19-12-17(15)20-16-7-6-13-4-3-5-14(13)10-16/h6-10,12,18H,2-5,11H2,1H3. The first-order valence-corrected chi connectivity index (χ1v) is 7.30. The second kappa shape index (κ2) is 6.06. The monoisotopic (exact) mass is 268 g/mol. The molecule has 104 valence electrons. The Balaban J connectivity index is 1.80. The Hall–Kier alpha value is -1.87. The van der Waals surface area contributed by atoms with Gasteiger partial charge in [-0.2, -0.15) is 0 Å². The van der Waals surface area contributed by atoms with Crippen molar-refractivity contribution < 1.29 is 4.74 Å². The van der Waals surface area contributed by atoms with E-state index in [0.717, 1.165) is 30.2 Å². The van der Waals surface area contributed by atoms with Crippen molar-refractivity contribution >= 4 is 0 Å². The molecule has 0 spiro atoms. The lowest BCUT2D eigenvalue weighted by molar-refractivity contribution is 0.470. The average Bonchev–Trinajstić information content (AvgIpc) is 2.94. The summed E-state index contributed by atoms with van der Waals surface area (Å²) < 4.78 is 6.03. The van der Waals surface area contributed by atoms with Gasteiger partial charge in [0, 0.05) is 18.3 Å². The van der Waals surface area contributed by atoms with Gasteiger partial charge in [-0.1, -0.05) is 13.0 Å². The smallest absolute Gasteiger partial charge is 0.150 e. The lowest BCUT2D eigenvalue weighted by Gasteiger charge is -2.12. The minimum atomic E-state index is 0.805. The molecule has 1 aromatic carbocycles. The zero-order valence-electron chi connectivity index (χ0n) is 11.9. The van der Waals surface area contributed by atoms with Crippen molar-refractivity contribution in [3.05, 3.63) is 53.3 Å². The summed E-state index contributed by atoms with van der Waals surface area (Å²) in [7, 11) is 0. The first-order valence-electron chi connectivity index (χ1n) is 7.30. The second-order valence-corrected chi connectivity index (χ2v) is 5.15. The summed E-state index contributed by atoms with van der Waals surface area (Å²) in [5.41, 5.74) is 4.04. The van der Waals surface area contributed by atoms with Crippen LogP contribution >= 0.6 is 0 Å². The molecule has 0 amide bonds. The van der Waals surface area contributed by atoms with Gasteiger partial charge in [-0.25, -0.2) is 0 Å². The van der Waals surface area contributed by atoms with Gasteiger partial charge < -0.3 is 10.1 Å². The Morgan fingerprint density at radius 1 is 1.20 bits per heavy atom. The van der Waals surface area contributed by atoms with E-state index >= 15 is 0 Å². The minimum absolute atomic E-state index is 0.805. The zero-order chi connectivity index (χ0) is 13.8. The summed E-state index contributed by atoms with van der Waals surface area (Å²) in [6.07, 6.45) is 7.23. The number of hydrogen-bond donors (Lipinski definition) is 1. The SMILES string of the molecule is CCNCc1ccncc1Oc1ccc2c(c1)CCC2. The summed E-state index contributed by atoms with van der Waals surface area (Å²) in [4.78, 5) is 4.17. The first kappa shape index (κ1) is 13.1. The summed E-state index contributed by atoms with van der Waals surface area (Å²) in [5, 5.41) is 3.32. The van der Waals surface area contributed by atoms with Gasteiger partial charge in [-0.15, -0.1) is 0 Å². The van der Waals surface area contributed by atoms with E-state index in [1.54, 1.807) is 6.20 Å². The van der Waals surface area contributed by atoms with E-state index in [2.05, 4.69) is 35.4 Å². The summed E-state index contributed by atoms with van der Waals surface area (Å²) in [5.74, 6) is 1.75. The van der Waals surface area contributed by atoms with Crippen LogP contribution in [0.5, 0.6) is 11.5 Å². The number of nitrogens with one attached hydrogen (secondary N) is 1. The molecule has 1 N–H and O–H groups in total. The summed E-state index contributed by atoms with van der Waals surface area (Å²) in [6.45, 7) is 3.85. The van der Waals surface area contributed by atoms with E-state index < -0.39 is 0 Å². The van der Waals surface area contributed by atoms with Crippen LogP contribution in [0, 0.1) is 0 Å². The van der Waals surface area contributed by atoms with Crippen molar-refractivity contribution in [3.8, 4) is 11.5 Å². The Morgan fingerprint density at radius 3 is 3.00 bits per heavy atom. The van der Waals surface area contributed by atoms with Gasteiger partial charge in [0.1, 0.15) is 11.5 Å². The number of nitrogens with zero attached hydrogens (tertiary/aromatic N) is 1. The van der Waals surface area contributed by atoms with E-state index in [-0.39, 0.29) is 0 Å². The molecule has 0 atom stereocenters. The molecule has 2 aromatic rings. The van der Waals surface area contributed by atoms with E-state index in [1.165, 1.54) is 30.4 Å². The molecule has 0 aliphatic heterocycles. The van der Waals surface area contributed by atoms with Crippen LogP contribution in [-0.4, -0.2) is 11.5 Å². The number of pyridine rings is 1. The van der Waals surface area contributed by atoms with Gasteiger partial charge >= 0.3 is 0 Å². The molecular formula is C17H20N2O. The molecule has 1 aliphatic rings. The van der Waals surface area contributed by atoms with Crippen molar-refractivity contribution in [2.45, 2.75) is 32.7 Å². The number of aromatic nitrogens is 1. The maximum Gasteiger partial charge on any atom is 0.150 e. The van der Waals surface area contributed by atoms with Crippen molar-refractivity contribution in [1.29, 1.82) is 0 Å². The topological polar surface area (TPSA) is 34.2 Å². The van der Waals surface area contributed by atoms with Crippen LogP contribution in [0.4, 0.5) is 0 Å². The van der Waals surface area contributed by atoms with Gasteiger partial charge in [0.15, 0.2) is 0 Å². The minimum Gasteiger partial charge on any atom is -0.455 e. The molecule has 1 aliphatic carbocycles. The van der Waals surface area contributed by atoms with E-state index in [9.17, 15) is 0 Å².